The highest BCUT2D eigenvalue weighted by Crippen LogP contribution is 2.24. The predicted molar refractivity (Wildman–Crippen MR) is 87.2 cm³/mol. The van der Waals surface area contributed by atoms with E-state index in [4.69, 9.17) is 4.74 Å². The van der Waals surface area contributed by atoms with Crippen LogP contribution in [0.3, 0.4) is 0 Å². The molecule has 2 atom stereocenters. The van der Waals surface area contributed by atoms with Gasteiger partial charge in [0.15, 0.2) is 0 Å². The second-order valence-electron chi connectivity index (χ2n) is 5.64. The van der Waals surface area contributed by atoms with Crippen molar-refractivity contribution in [2.24, 2.45) is 5.92 Å². The molecule has 0 amide bonds. The minimum absolute atomic E-state index is 0.609. The highest BCUT2D eigenvalue weighted by atomic mass is 79.9. The number of methoxy groups -OCH3 is 1. The lowest BCUT2D eigenvalue weighted by Gasteiger charge is -2.36. The fourth-order valence-corrected chi connectivity index (χ4v) is 3.06. The lowest BCUT2D eigenvalue weighted by atomic mass is 9.97. The first kappa shape index (κ1) is 15.8. The van der Waals surface area contributed by atoms with Gasteiger partial charge in [0.1, 0.15) is 5.75 Å². The molecule has 0 bridgehead atoms. The zero-order chi connectivity index (χ0) is 14.5. The molecule has 20 heavy (non-hydrogen) atoms. The number of nitrogens with zero attached hydrogens (tertiary/aromatic N) is 1. The molecule has 1 aromatic carbocycles. The summed E-state index contributed by atoms with van der Waals surface area (Å²) in [5, 5.41) is 3.64. The second-order valence-corrected chi connectivity index (χ2v) is 6.49. The molecule has 2 unspecified atom stereocenters. The third-order valence-electron chi connectivity index (χ3n) is 4.27. The van der Waals surface area contributed by atoms with E-state index in [2.05, 4.69) is 52.1 Å². The summed E-state index contributed by atoms with van der Waals surface area (Å²) in [6.45, 7) is 8.89. The van der Waals surface area contributed by atoms with Crippen molar-refractivity contribution in [3.05, 3.63) is 28.2 Å². The number of nitrogens with one attached hydrogen (secondary N) is 1. The Morgan fingerprint density at radius 3 is 3.00 bits per heavy atom. The van der Waals surface area contributed by atoms with Crippen LogP contribution < -0.4 is 10.1 Å². The lowest BCUT2D eigenvalue weighted by Crippen LogP contribution is -2.52. The maximum absolute atomic E-state index is 5.32. The normalized spacial score (nSPS) is 21.7. The molecule has 1 aliphatic rings. The largest absolute Gasteiger partial charge is 0.497 e. The minimum Gasteiger partial charge on any atom is -0.497 e. The van der Waals surface area contributed by atoms with E-state index < -0.39 is 0 Å². The Hall–Kier alpha value is -0.580. The van der Waals surface area contributed by atoms with Crippen LogP contribution in [0.1, 0.15) is 25.8 Å². The van der Waals surface area contributed by atoms with Gasteiger partial charge >= 0.3 is 0 Å². The van der Waals surface area contributed by atoms with E-state index in [1.54, 1.807) is 7.11 Å². The van der Waals surface area contributed by atoms with Gasteiger partial charge in [0.05, 0.1) is 7.11 Å². The molecule has 1 saturated heterocycles. The monoisotopic (exact) mass is 340 g/mol. The van der Waals surface area contributed by atoms with Gasteiger partial charge in [-0.1, -0.05) is 36.2 Å². The molecule has 4 heteroatoms. The van der Waals surface area contributed by atoms with Crippen molar-refractivity contribution in [1.29, 1.82) is 0 Å². The Bertz CT molecular complexity index is 438. The quantitative estimate of drug-likeness (QED) is 0.890. The van der Waals surface area contributed by atoms with Gasteiger partial charge in [-0.25, -0.2) is 0 Å². The number of piperazine rings is 1. The smallest absolute Gasteiger partial charge is 0.119 e. The van der Waals surface area contributed by atoms with Gasteiger partial charge in [-0.2, -0.15) is 0 Å². The van der Waals surface area contributed by atoms with Crippen molar-refractivity contribution in [3.63, 3.8) is 0 Å². The third-order valence-corrected chi connectivity index (χ3v) is 5.04. The number of rotatable bonds is 5. The molecule has 1 N–H and O–H groups in total. The van der Waals surface area contributed by atoms with Crippen molar-refractivity contribution < 1.29 is 4.74 Å². The summed E-state index contributed by atoms with van der Waals surface area (Å²) in [4.78, 5) is 2.53. The van der Waals surface area contributed by atoms with E-state index in [-0.39, 0.29) is 0 Å². The maximum atomic E-state index is 5.32. The maximum Gasteiger partial charge on any atom is 0.119 e. The molecule has 1 heterocycles. The lowest BCUT2D eigenvalue weighted by molar-refractivity contribution is 0.162. The van der Waals surface area contributed by atoms with Crippen LogP contribution in [0.15, 0.2) is 22.7 Å². The van der Waals surface area contributed by atoms with E-state index in [9.17, 15) is 0 Å². The Kier molecular flexibility index (Phi) is 5.87. The molecular formula is C16H25BrN2O. The Morgan fingerprint density at radius 1 is 1.50 bits per heavy atom. The van der Waals surface area contributed by atoms with E-state index >= 15 is 0 Å². The molecule has 0 aliphatic carbocycles. The first-order valence-electron chi connectivity index (χ1n) is 7.42. The molecule has 3 nitrogen and oxygen atoms in total. The van der Waals surface area contributed by atoms with Crippen LogP contribution in [-0.2, 0) is 6.54 Å². The zero-order valence-electron chi connectivity index (χ0n) is 12.7. The average molecular weight is 341 g/mol. The van der Waals surface area contributed by atoms with Crippen LogP contribution in [0.25, 0.3) is 0 Å². The minimum atomic E-state index is 0.609. The molecule has 0 spiro atoms. The van der Waals surface area contributed by atoms with Crippen molar-refractivity contribution in [2.45, 2.75) is 32.9 Å². The summed E-state index contributed by atoms with van der Waals surface area (Å²) in [5.74, 6) is 1.66. The van der Waals surface area contributed by atoms with Gasteiger partial charge in [-0.05, 0) is 29.7 Å². The standard InChI is InChI=1S/C16H25BrN2O/c1-4-12(2)16-11-19(8-7-18-16)10-13-9-14(20-3)5-6-15(13)17/h5-6,9,12,16,18H,4,7-8,10-11H2,1-3H3. The predicted octanol–water partition coefficient (Wildman–Crippen LogP) is 3.28. The summed E-state index contributed by atoms with van der Waals surface area (Å²) in [7, 11) is 1.72. The molecule has 1 aromatic rings. The number of halogens is 1. The van der Waals surface area contributed by atoms with E-state index in [0.29, 0.717) is 6.04 Å². The Labute approximate surface area is 130 Å². The van der Waals surface area contributed by atoms with Gasteiger partial charge in [-0.15, -0.1) is 0 Å². The van der Waals surface area contributed by atoms with Crippen LogP contribution >= 0.6 is 15.9 Å². The molecule has 0 saturated carbocycles. The molecule has 1 aliphatic heterocycles. The van der Waals surface area contributed by atoms with E-state index in [0.717, 1.165) is 42.3 Å². The molecule has 0 radical (unpaired) electrons. The van der Waals surface area contributed by atoms with Gasteiger partial charge < -0.3 is 10.1 Å². The van der Waals surface area contributed by atoms with Crippen LogP contribution in [0.4, 0.5) is 0 Å². The number of benzene rings is 1. The molecule has 112 valence electrons. The van der Waals surface area contributed by atoms with Crippen LogP contribution in [-0.4, -0.2) is 37.7 Å². The van der Waals surface area contributed by atoms with Crippen molar-refractivity contribution in [1.82, 2.24) is 10.2 Å². The average Bonchev–Trinajstić information content (AvgIpc) is 2.49. The summed E-state index contributed by atoms with van der Waals surface area (Å²) in [6, 6.07) is 6.80. The SMILES string of the molecule is CCC(C)C1CN(Cc2cc(OC)ccc2Br)CCN1. The zero-order valence-corrected chi connectivity index (χ0v) is 14.2. The molecular weight excluding hydrogens is 316 g/mol. The number of hydrogen-bond donors (Lipinski definition) is 1. The van der Waals surface area contributed by atoms with Crippen LogP contribution in [0.5, 0.6) is 5.75 Å². The van der Waals surface area contributed by atoms with Crippen molar-refractivity contribution in [2.75, 3.05) is 26.7 Å². The Morgan fingerprint density at radius 2 is 2.30 bits per heavy atom. The van der Waals surface area contributed by atoms with Gasteiger partial charge in [0.2, 0.25) is 0 Å². The second kappa shape index (κ2) is 7.43. The van der Waals surface area contributed by atoms with Gasteiger partial charge in [0, 0.05) is 36.7 Å². The fourth-order valence-electron chi connectivity index (χ4n) is 2.69. The van der Waals surface area contributed by atoms with E-state index in [1.165, 1.54) is 12.0 Å². The topological polar surface area (TPSA) is 24.5 Å². The summed E-state index contributed by atoms with van der Waals surface area (Å²) >= 11 is 3.65. The van der Waals surface area contributed by atoms with Crippen LogP contribution in [0, 0.1) is 5.92 Å². The molecule has 2 rings (SSSR count). The van der Waals surface area contributed by atoms with E-state index in [1.807, 2.05) is 6.07 Å². The fraction of sp³-hybridized carbons (Fsp3) is 0.625. The summed E-state index contributed by atoms with van der Waals surface area (Å²) in [5.41, 5.74) is 1.30. The van der Waals surface area contributed by atoms with Gasteiger partial charge in [-0.3, -0.25) is 4.90 Å². The highest BCUT2D eigenvalue weighted by Gasteiger charge is 2.23. The molecule has 1 fully saturated rings. The van der Waals surface area contributed by atoms with Crippen molar-refractivity contribution in [3.8, 4) is 5.75 Å². The Balaban J connectivity index is 2.02. The number of hydrogen-bond acceptors (Lipinski definition) is 3. The summed E-state index contributed by atoms with van der Waals surface area (Å²) in [6.07, 6.45) is 1.23. The van der Waals surface area contributed by atoms with Crippen LogP contribution in [0.2, 0.25) is 0 Å². The molecule has 0 aromatic heterocycles. The highest BCUT2D eigenvalue weighted by molar-refractivity contribution is 9.10. The third kappa shape index (κ3) is 3.96. The van der Waals surface area contributed by atoms with Gasteiger partial charge in [0.25, 0.3) is 0 Å². The van der Waals surface area contributed by atoms with Crippen molar-refractivity contribution >= 4 is 15.9 Å². The first-order chi connectivity index (χ1) is 9.63. The summed E-state index contributed by atoms with van der Waals surface area (Å²) < 4.78 is 6.49. The first-order valence-corrected chi connectivity index (χ1v) is 8.21. The number of ether oxygens (including phenoxy) is 1.